The van der Waals surface area contributed by atoms with Gasteiger partial charge in [0.2, 0.25) is 0 Å². The lowest BCUT2D eigenvalue weighted by molar-refractivity contribution is -0.139. The molecule has 0 aliphatic heterocycles. The fraction of sp³-hybridized carbons (Fsp3) is 0.750. The Morgan fingerprint density at radius 3 is 2.43 bits per heavy atom. The number of hydrogen-bond donors (Lipinski definition) is 1. The van der Waals surface area contributed by atoms with Crippen LogP contribution in [-0.2, 0) is 4.79 Å². The molecule has 0 bridgehead atoms. The molecule has 2 heteroatoms. The van der Waals surface area contributed by atoms with Crippen LogP contribution in [0.25, 0.3) is 0 Å². The van der Waals surface area contributed by atoms with E-state index in [1.807, 2.05) is 0 Å². The van der Waals surface area contributed by atoms with Gasteiger partial charge in [0.05, 0.1) is 5.92 Å². The second kappa shape index (κ2) is 3.11. The van der Waals surface area contributed by atoms with Crippen LogP contribution in [0.2, 0.25) is 0 Å². The van der Waals surface area contributed by atoms with Crippen molar-refractivity contribution in [1.29, 1.82) is 0 Å². The molecule has 0 heterocycles. The number of aliphatic carboxylic acids is 1. The van der Waals surface area contributed by atoms with Crippen LogP contribution in [0.15, 0.2) is 11.6 Å². The van der Waals surface area contributed by atoms with Crippen molar-refractivity contribution in [2.24, 2.45) is 17.3 Å². The molecule has 2 saturated carbocycles. The standard InChI is InChI=1S/C12H18O2/c1-12(2)9(10(12)11(13)14)7-8-5-3-4-6-8/h7,9-10H,3-6H2,1-2H3,(H,13,14)/t9-,10-/m0/s1. The third-order valence-electron chi connectivity index (χ3n) is 3.84. The van der Waals surface area contributed by atoms with Gasteiger partial charge in [0.1, 0.15) is 0 Å². The lowest BCUT2D eigenvalue weighted by atomic mass is 10.1. The summed E-state index contributed by atoms with van der Waals surface area (Å²) in [6, 6.07) is 0. The van der Waals surface area contributed by atoms with E-state index < -0.39 is 5.97 Å². The van der Waals surface area contributed by atoms with Crippen LogP contribution in [0, 0.1) is 17.3 Å². The molecule has 0 radical (unpaired) electrons. The van der Waals surface area contributed by atoms with Crippen molar-refractivity contribution in [3.05, 3.63) is 11.6 Å². The minimum Gasteiger partial charge on any atom is -0.481 e. The Bertz CT molecular complexity index is 281. The van der Waals surface area contributed by atoms with Crippen LogP contribution in [-0.4, -0.2) is 11.1 Å². The van der Waals surface area contributed by atoms with Crippen molar-refractivity contribution in [3.8, 4) is 0 Å². The van der Waals surface area contributed by atoms with E-state index in [1.54, 1.807) is 0 Å². The molecule has 0 aromatic rings. The zero-order valence-corrected chi connectivity index (χ0v) is 8.92. The van der Waals surface area contributed by atoms with Crippen LogP contribution < -0.4 is 0 Å². The van der Waals surface area contributed by atoms with Crippen LogP contribution in [0.5, 0.6) is 0 Å². The van der Waals surface area contributed by atoms with Gasteiger partial charge in [-0.2, -0.15) is 0 Å². The van der Waals surface area contributed by atoms with Gasteiger partial charge >= 0.3 is 5.97 Å². The zero-order valence-electron chi connectivity index (χ0n) is 8.92. The Labute approximate surface area is 85.0 Å². The molecule has 0 saturated heterocycles. The molecule has 2 atom stereocenters. The topological polar surface area (TPSA) is 37.3 Å². The Kier molecular flexibility index (Phi) is 2.17. The van der Waals surface area contributed by atoms with E-state index in [4.69, 9.17) is 5.11 Å². The maximum absolute atomic E-state index is 10.9. The number of hydrogen-bond acceptors (Lipinski definition) is 1. The molecular weight excluding hydrogens is 176 g/mol. The summed E-state index contributed by atoms with van der Waals surface area (Å²) in [7, 11) is 0. The minimum absolute atomic E-state index is 0.0125. The highest BCUT2D eigenvalue weighted by atomic mass is 16.4. The van der Waals surface area contributed by atoms with Gasteiger partial charge < -0.3 is 5.11 Å². The monoisotopic (exact) mass is 194 g/mol. The van der Waals surface area contributed by atoms with Gasteiger partial charge in [-0.15, -0.1) is 0 Å². The van der Waals surface area contributed by atoms with Crippen LogP contribution in [0.1, 0.15) is 39.5 Å². The summed E-state index contributed by atoms with van der Waals surface area (Å²) >= 11 is 0. The second-order valence-electron chi connectivity index (χ2n) is 5.20. The molecule has 14 heavy (non-hydrogen) atoms. The normalized spacial score (nSPS) is 34.3. The highest BCUT2D eigenvalue weighted by Gasteiger charge is 2.60. The Balaban J connectivity index is 2.07. The molecule has 2 aliphatic rings. The predicted octanol–water partition coefficient (Wildman–Crippen LogP) is 2.84. The molecule has 2 aliphatic carbocycles. The number of carbonyl (C=O) groups is 1. The smallest absolute Gasteiger partial charge is 0.307 e. The molecular formula is C12H18O2. The van der Waals surface area contributed by atoms with E-state index >= 15 is 0 Å². The molecule has 0 unspecified atom stereocenters. The van der Waals surface area contributed by atoms with E-state index in [2.05, 4.69) is 19.9 Å². The van der Waals surface area contributed by atoms with Gasteiger partial charge in [-0.05, 0) is 37.0 Å². The number of allylic oxidation sites excluding steroid dienone is 2. The van der Waals surface area contributed by atoms with Crippen molar-refractivity contribution < 1.29 is 9.90 Å². The van der Waals surface area contributed by atoms with Crippen molar-refractivity contribution in [3.63, 3.8) is 0 Å². The van der Waals surface area contributed by atoms with Crippen molar-refractivity contribution in [2.45, 2.75) is 39.5 Å². The van der Waals surface area contributed by atoms with Gasteiger partial charge in [-0.1, -0.05) is 25.5 Å². The highest BCUT2D eigenvalue weighted by Crippen LogP contribution is 2.59. The third kappa shape index (κ3) is 1.47. The first-order valence-corrected chi connectivity index (χ1v) is 5.46. The van der Waals surface area contributed by atoms with Crippen LogP contribution >= 0.6 is 0 Å². The van der Waals surface area contributed by atoms with E-state index in [0.717, 1.165) is 0 Å². The van der Waals surface area contributed by atoms with E-state index in [-0.39, 0.29) is 17.3 Å². The predicted molar refractivity (Wildman–Crippen MR) is 54.9 cm³/mol. The largest absolute Gasteiger partial charge is 0.481 e. The summed E-state index contributed by atoms with van der Waals surface area (Å²) < 4.78 is 0. The van der Waals surface area contributed by atoms with Crippen molar-refractivity contribution in [1.82, 2.24) is 0 Å². The maximum Gasteiger partial charge on any atom is 0.307 e. The van der Waals surface area contributed by atoms with Crippen molar-refractivity contribution >= 4 is 5.97 Å². The van der Waals surface area contributed by atoms with Gasteiger partial charge in [-0.3, -0.25) is 4.79 Å². The summed E-state index contributed by atoms with van der Waals surface area (Å²) in [6.07, 6.45) is 7.21. The molecule has 0 amide bonds. The van der Waals surface area contributed by atoms with E-state index in [0.29, 0.717) is 0 Å². The summed E-state index contributed by atoms with van der Waals surface area (Å²) in [5.41, 5.74) is 1.48. The third-order valence-corrected chi connectivity index (χ3v) is 3.84. The maximum atomic E-state index is 10.9. The molecule has 2 rings (SSSR count). The van der Waals surface area contributed by atoms with Crippen LogP contribution in [0.4, 0.5) is 0 Å². The lowest BCUT2D eigenvalue weighted by Gasteiger charge is -1.98. The van der Waals surface area contributed by atoms with Gasteiger partial charge in [0.25, 0.3) is 0 Å². The average molecular weight is 194 g/mol. The quantitative estimate of drug-likeness (QED) is 0.686. The Morgan fingerprint density at radius 1 is 1.43 bits per heavy atom. The number of carboxylic acid groups (broad SMARTS) is 1. The Hall–Kier alpha value is -0.790. The van der Waals surface area contributed by atoms with E-state index in [9.17, 15) is 4.79 Å². The highest BCUT2D eigenvalue weighted by molar-refractivity contribution is 5.76. The average Bonchev–Trinajstić information content (AvgIpc) is 2.50. The summed E-state index contributed by atoms with van der Waals surface area (Å²) in [5, 5.41) is 9.00. The number of rotatable bonds is 2. The molecule has 0 aromatic heterocycles. The molecule has 0 spiro atoms. The summed E-state index contributed by atoms with van der Waals surface area (Å²) in [4.78, 5) is 10.9. The fourth-order valence-corrected chi connectivity index (χ4v) is 2.71. The first kappa shape index (κ1) is 9.75. The first-order valence-electron chi connectivity index (χ1n) is 5.46. The molecule has 2 fully saturated rings. The van der Waals surface area contributed by atoms with Gasteiger partial charge in [-0.25, -0.2) is 0 Å². The first-order chi connectivity index (χ1) is 6.53. The minimum atomic E-state index is -0.630. The molecule has 1 N–H and O–H groups in total. The second-order valence-corrected chi connectivity index (χ2v) is 5.20. The SMILES string of the molecule is CC1(C)[C@H](C(=O)O)[C@@H]1C=C1CCCC1. The van der Waals surface area contributed by atoms with E-state index in [1.165, 1.54) is 31.3 Å². The summed E-state index contributed by atoms with van der Waals surface area (Å²) in [6.45, 7) is 4.12. The number of carboxylic acids is 1. The molecule has 0 aromatic carbocycles. The van der Waals surface area contributed by atoms with Gasteiger partial charge in [0, 0.05) is 0 Å². The lowest BCUT2D eigenvalue weighted by Crippen LogP contribution is -2.03. The van der Waals surface area contributed by atoms with Crippen molar-refractivity contribution in [2.75, 3.05) is 0 Å². The van der Waals surface area contributed by atoms with Gasteiger partial charge in [0.15, 0.2) is 0 Å². The molecule has 78 valence electrons. The zero-order chi connectivity index (χ0) is 10.3. The fourth-order valence-electron chi connectivity index (χ4n) is 2.71. The van der Waals surface area contributed by atoms with Crippen LogP contribution in [0.3, 0.4) is 0 Å². The Morgan fingerprint density at radius 2 is 2.00 bits per heavy atom. The molecule has 2 nitrogen and oxygen atoms in total. The summed E-state index contributed by atoms with van der Waals surface area (Å²) in [5.74, 6) is -0.487.